The fourth-order valence-corrected chi connectivity index (χ4v) is 2.82. The predicted octanol–water partition coefficient (Wildman–Crippen LogP) is 2.30. The number of carbonyl (C=O) groups excluding carboxylic acids is 1. The Kier molecular flexibility index (Phi) is 6.61. The lowest BCUT2D eigenvalue weighted by molar-refractivity contribution is -0.119. The molecule has 0 bridgehead atoms. The average molecular weight is 334 g/mol. The summed E-state index contributed by atoms with van der Waals surface area (Å²) in [6.07, 6.45) is 0. The summed E-state index contributed by atoms with van der Waals surface area (Å²) in [6.45, 7) is 5.20. The summed E-state index contributed by atoms with van der Waals surface area (Å²) in [5.41, 5.74) is 0.870. The summed E-state index contributed by atoms with van der Waals surface area (Å²) in [6, 6.07) is 7.83. The molecule has 1 aromatic heterocycles. The molecular weight excluding hydrogens is 312 g/mol. The van der Waals surface area contributed by atoms with Gasteiger partial charge in [-0.2, -0.15) is 0 Å². The van der Waals surface area contributed by atoms with Crippen LogP contribution in [0.25, 0.3) is 10.9 Å². The summed E-state index contributed by atoms with van der Waals surface area (Å²) in [4.78, 5) is 20.9. The number of aromatic nitrogens is 2. The first-order chi connectivity index (χ1) is 11.1. The molecule has 1 aromatic carbocycles. The summed E-state index contributed by atoms with van der Waals surface area (Å²) < 4.78 is 5.00. The van der Waals surface area contributed by atoms with Crippen LogP contribution < -0.4 is 10.6 Å². The molecule has 2 aromatic rings. The van der Waals surface area contributed by atoms with E-state index < -0.39 is 0 Å². The van der Waals surface area contributed by atoms with Crippen LogP contribution in [0.4, 0.5) is 5.82 Å². The minimum absolute atomic E-state index is 0.0112. The summed E-state index contributed by atoms with van der Waals surface area (Å²) in [7, 11) is 1.61. The van der Waals surface area contributed by atoms with E-state index in [4.69, 9.17) is 4.74 Å². The number of methoxy groups -OCH3 is 1. The Morgan fingerprint density at radius 1 is 1.35 bits per heavy atom. The quantitative estimate of drug-likeness (QED) is 0.570. The van der Waals surface area contributed by atoms with Crippen molar-refractivity contribution in [3.05, 3.63) is 24.3 Å². The van der Waals surface area contributed by atoms with Crippen molar-refractivity contribution in [2.45, 2.75) is 25.0 Å². The number of fused-ring (bicyclic) bond motifs is 1. The van der Waals surface area contributed by atoms with Gasteiger partial charge in [0.15, 0.2) is 5.16 Å². The zero-order valence-corrected chi connectivity index (χ0v) is 14.4. The molecule has 0 aliphatic rings. The van der Waals surface area contributed by atoms with E-state index >= 15 is 0 Å². The third-order valence-electron chi connectivity index (χ3n) is 3.08. The van der Waals surface area contributed by atoms with Crippen LogP contribution in [0.2, 0.25) is 0 Å². The third kappa shape index (κ3) is 5.07. The number of thioether (sulfide) groups is 1. The van der Waals surface area contributed by atoms with Crippen molar-refractivity contribution in [3.8, 4) is 0 Å². The van der Waals surface area contributed by atoms with Gasteiger partial charge < -0.3 is 15.4 Å². The number of benzene rings is 1. The number of anilines is 1. The molecule has 2 N–H and O–H groups in total. The Labute approximate surface area is 140 Å². The maximum absolute atomic E-state index is 11.9. The molecule has 0 saturated carbocycles. The van der Waals surface area contributed by atoms with Crippen molar-refractivity contribution >= 4 is 34.4 Å². The molecule has 1 heterocycles. The zero-order chi connectivity index (χ0) is 16.7. The molecule has 7 heteroatoms. The first kappa shape index (κ1) is 17.5. The van der Waals surface area contributed by atoms with Crippen LogP contribution in [0.3, 0.4) is 0 Å². The van der Waals surface area contributed by atoms with Gasteiger partial charge in [0.05, 0.1) is 17.9 Å². The number of hydrogen-bond acceptors (Lipinski definition) is 6. The first-order valence-electron chi connectivity index (χ1n) is 7.55. The highest BCUT2D eigenvalue weighted by molar-refractivity contribution is 7.99. The van der Waals surface area contributed by atoms with Gasteiger partial charge in [0, 0.05) is 25.1 Å². The molecule has 0 saturated heterocycles. The van der Waals surface area contributed by atoms with Gasteiger partial charge >= 0.3 is 0 Å². The monoisotopic (exact) mass is 334 g/mol. The van der Waals surface area contributed by atoms with Gasteiger partial charge in [-0.3, -0.25) is 4.79 Å². The number of amides is 1. The maximum Gasteiger partial charge on any atom is 0.230 e. The van der Waals surface area contributed by atoms with E-state index in [2.05, 4.69) is 20.6 Å². The topological polar surface area (TPSA) is 76.1 Å². The first-order valence-corrected chi connectivity index (χ1v) is 8.54. The van der Waals surface area contributed by atoms with Crippen molar-refractivity contribution < 1.29 is 9.53 Å². The van der Waals surface area contributed by atoms with E-state index in [-0.39, 0.29) is 17.7 Å². The largest absolute Gasteiger partial charge is 0.383 e. The van der Waals surface area contributed by atoms with Crippen molar-refractivity contribution in [2.75, 3.05) is 31.3 Å². The Bertz CT molecular complexity index is 666. The molecule has 0 aliphatic heterocycles. The van der Waals surface area contributed by atoms with E-state index in [9.17, 15) is 4.79 Å². The van der Waals surface area contributed by atoms with Gasteiger partial charge in [-0.25, -0.2) is 9.97 Å². The second kappa shape index (κ2) is 8.69. The summed E-state index contributed by atoms with van der Waals surface area (Å²) >= 11 is 1.33. The number of nitrogens with one attached hydrogen (secondary N) is 2. The van der Waals surface area contributed by atoms with Gasteiger partial charge in [-0.1, -0.05) is 23.9 Å². The highest BCUT2D eigenvalue weighted by Gasteiger charge is 2.11. The standard InChI is InChI=1S/C16H22N4O2S/c1-4-17-15-12-7-5-6-8-13(12)19-16(20-15)23-10-14(21)18-11(2)9-22-3/h5-8,11H,4,9-10H2,1-3H3,(H,18,21)(H,17,19,20)/t11-/m1/s1. The molecule has 6 nitrogen and oxygen atoms in total. The molecule has 0 spiro atoms. The van der Waals surface area contributed by atoms with Gasteiger partial charge in [-0.05, 0) is 26.0 Å². The second-order valence-electron chi connectivity index (χ2n) is 5.11. The van der Waals surface area contributed by atoms with Crippen LogP contribution in [-0.2, 0) is 9.53 Å². The van der Waals surface area contributed by atoms with Crippen molar-refractivity contribution in [2.24, 2.45) is 0 Å². The smallest absolute Gasteiger partial charge is 0.230 e. The Morgan fingerprint density at radius 3 is 2.87 bits per heavy atom. The SMILES string of the molecule is CCNc1nc(SCC(=O)N[C@H](C)COC)nc2ccccc12. The summed E-state index contributed by atoms with van der Waals surface area (Å²) in [5, 5.41) is 7.69. The molecule has 0 unspecified atom stereocenters. The minimum atomic E-state index is -0.0543. The van der Waals surface area contributed by atoms with Gasteiger partial charge in [0.1, 0.15) is 5.82 Å². The van der Waals surface area contributed by atoms with Gasteiger partial charge in [0.25, 0.3) is 0 Å². The van der Waals surface area contributed by atoms with Crippen LogP contribution in [0.5, 0.6) is 0 Å². The van der Waals surface area contributed by atoms with Crippen LogP contribution >= 0.6 is 11.8 Å². The van der Waals surface area contributed by atoms with Crippen molar-refractivity contribution in [1.29, 1.82) is 0 Å². The van der Waals surface area contributed by atoms with E-state index in [1.807, 2.05) is 38.1 Å². The number of nitrogens with zero attached hydrogens (tertiary/aromatic N) is 2. The lowest BCUT2D eigenvalue weighted by Crippen LogP contribution is -2.36. The number of para-hydroxylation sites is 1. The summed E-state index contributed by atoms with van der Waals surface area (Å²) in [5.74, 6) is 1.02. The molecule has 124 valence electrons. The number of rotatable bonds is 8. The Balaban J connectivity index is 2.06. The molecule has 23 heavy (non-hydrogen) atoms. The van der Waals surface area contributed by atoms with Gasteiger partial charge in [0.2, 0.25) is 5.91 Å². The average Bonchev–Trinajstić information content (AvgIpc) is 2.53. The lowest BCUT2D eigenvalue weighted by Gasteiger charge is -2.12. The Hall–Kier alpha value is -1.86. The number of carbonyl (C=O) groups is 1. The third-order valence-corrected chi connectivity index (χ3v) is 3.93. The maximum atomic E-state index is 11.9. The fourth-order valence-electron chi connectivity index (χ4n) is 2.16. The molecule has 0 radical (unpaired) electrons. The zero-order valence-electron chi connectivity index (χ0n) is 13.6. The van der Waals surface area contributed by atoms with Crippen molar-refractivity contribution in [3.63, 3.8) is 0 Å². The highest BCUT2D eigenvalue weighted by atomic mass is 32.2. The fraction of sp³-hybridized carbons (Fsp3) is 0.438. The molecule has 1 atom stereocenters. The molecular formula is C16H22N4O2S. The molecule has 2 rings (SSSR count). The van der Waals surface area contributed by atoms with Crippen LogP contribution in [0.15, 0.2) is 29.4 Å². The Morgan fingerprint density at radius 2 is 2.13 bits per heavy atom. The lowest BCUT2D eigenvalue weighted by atomic mass is 10.2. The normalized spacial score (nSPS) is 12.1. The molecule has 1 amide bonds. The highest BCUT2D eigenvalue weighted by Crippen LogP contribution is 2.24. The van der Waals surface area contributed by atoms with Crippen LogP contribution in [0.1, 0.15) is 13.8 Å². The van der Waals surface area contributed by atoms with E-state index in [0.717, 1.165) is 23.3 Å². The minimum Gasteiger partial charge on any atom is -0.383 e. The molecule has 0 aliphatic carbocycles. The predicted molar refractivity (Wildman–Crippen MR) is 93.9 cm³/mol. The number of hydrogen-bond donors (Lipinski definition) is 2. The van der Waals surface area contributed by atoms with Gasteiger partial charge in [-0.15, -0.1) is 0 Å². The van der Waals surface area contributed by atoms with E-state index in [0.29, 0.717) is 11.8 Å². The molecule has 0 fully saturated rings. The van der Waals surface area contributed by atoms with E-state index in [1.54, 1.807) is 7.11 Å². The van der Waals surface area contributed by atoms with Crippen LogP contribution in [0, 0.1) is 0 Å². The number of ether oxygens (including phenoxy) is 1. The van der Waals surface area contributed by atoms with Crippen molar-refractivity contribution in [1.82, 2.24) is 15.3 Å². The van der Waals surface area contributed by atoms with Crippen LogP contribution in [-0.4, -0.2) is 47.9 Å². The van der Waals surface area contributed by atoms with E-state index in [1.165, 1.54) is 11.8 Å². The second-order valence-corrected chi connectivity index (χ2v) is 6.06.